The van der Waals surface area contributed by atoms with E-state index in [2.05, 4.69) is 14.8 Å². The van der Waals surface area contributed by atoms with Gasteiger partial charge in [0.1, 0.15) is 22.5 Å². The highest BCUT2D eigenvalue weighted by Gasteiger charge is 2.53. The van der Waals surface area contributed by atoms with Crippen LogP contribution in [0.2, 0.25) is 10.0 Å². The number of methoxy groups -OCH3 is 2. The third kappa shape index (κ3) is 7.09. The molecule has 6 heterocycles. The number of rotatable bonds is 12. The first-order valence-corrected chi connectivity index (χ1v) is 18.3. The molecule has 2 atom stereocenters. The number of likely N-dealkylation sites (tertiary alicyclic amines) is 1. The Balaban J connectivity index is 1.05. The van der Waals surface area contributed by atoms with Crippen molar-refractivity contribution >= 4 is 46.5 Å². The highest BCUT2D eigenvalue weighted by atomic mass is 35.5. The van der Waals surface area contributed by atoms with E-state index in [1.165, 1.54) is 23.7 Å². The number of halogens is 2. The first-order valence-electron chi connectivity index (χ1n) is 16.8. The molecule has 0 unspecified atom stereocenters. The summed E-state index contributed by atoms with van der Waals surface area (Å²) in [5, 5.41) is 0.761. The fourth-order valence-electron chi connectivity index (χ4n) is 7.39. The van der Waals surface area contributed by atoms with Crippen molar-refractivity contribution in [3.8, 4) is 11.5 Å². The first-order chi connectivity index (χ1) is 24.3. The number of nitrogens with zero attached hydrogens (tertiary/aromatic N) is 3. The van der Waals surface area contributed by atoms with E-state index >= 15 is 0 Å². The standard InChI is InChI=1S/C38H39Cl2N3O6S/c1-46-31-10-8-25(16-33(31)47-2)32(17-28-29(39)18-41-19-30(28)40)48-36(44)35-11-9-27(50-35)20-43-22-38(23-43,26-6-4-3-5-7-26)37(45)49-34-21-42-14-12-24(34)13-15-42/h3-11,16,18-19,24,32,34H,12-15,17,20-23H2,1-2H3/t32-,34-/m0/s1. The lowest BCUT2D eigenvalue weighted by molar-refractivity contribution is -0.173. The van der Waals surface area contributed by atoms with Crippen molar-refractivity contribution in [2.45, 2.75) is 43.4 Å². The summed E-state index contributed by atoms with van der Waals surface area (Å²) in [4.78, 5) is 37.7. The van der Waals surface area contributed by atoms with Crippen LogP contribution in [0.25, 0.3) is 0 Å². The molecule has 12 heteroatoms. The van der Waals surface area contributed by atoms with Gasteiger partial charge in [0.25, 0.3) is 0 Å². The van der Waals surface area contributed by atoms with Gasteiger partial charge in [-0.3, -0.25) is 19.6 Å². The second kappa shape index (κ2) is 14.9. The van der Waals surface area contributed by atoms with Gasteiger partial charge in [-0.1, -0.05) is 59.6 Å². The largest absolute Gasteiger partial charge is 0.493 e. The third-order valence-electron chi connectivity index (χ3n) is 10.2. The summed E-state index contributed by atoms with van der Waals surface area (Å²) in [5.74, 6) is 0.904. The van der Waals surface area contributed by atoms with Gasteiger partial charge in [0.05, 0.1) is 24.3 Å². The van der Waals surface area contributed by atoms with Gasteiger partial charge < -0.3 is 18.9 Å². The molecule has 4 fully saturated rings. The molecule has 4 aromatic rings. The number of pyridine rings is 1. The molecular formula is C38H39Cl2N3O6S. The molecule has 50 heavy (non-hydrogen) atoms. The Kier molecular flexibility index (Phi) is 10.4. The minimum Gasteiger partial charge on any atom is -0.493 e. The first kappa shape index (κ1) is 34.8. The number of aromatic nitrogens is 1. The average molecular weight is 737 g/mol. The fraction of sp³-hybridized carbons (Fsp3) is 0.395. The Morgan fingerprint density at radius 1 is 0.960 bits per heavy atom. The van der Waals surface area contributed by atoms with E-state index in [1.54, 1.807) is 32.4 Å². The molecule has 2 aromatic heterocycles. The zero-order chi connectivity index (χ0) is 34.8. The molecule has 0 spiro atoms. The summed E-state index contributed by atoms with van der Waals surface area (Å²) >= 11 is 14.3. The van der Waals surface area contributed by atoms with Crippen LogP contribution in [0, 0.1) is 5.92 Å². The molecule has 0 aliphatic carbocycles. The highest BCUT2D eigenvalue weighted by Crippen LogP contribution is 2.40. The summed E-state index contributed by atoms with van der Waals surface area (Å²) < 4.78 is 23.3. The molecule has 4 aliphatic rings. The summed E-state index contributed by atoms with van der Waals surface area (Å²) in [6.45, 7) is 4.70. The van der Waals surface area contributed by atoms with Crippen molar-refractivity contribution < 1.29 is 28.5 Å². The molecule has 0 amide bonds. The molecule has 9 nitrogen and oxygen atoms in total. The van der Waals surface area contributed by atoms with Crippen LogP contribution < -0.4 is 9.47 Å². The number of hydrogen-bond donors (Lipinski definition) is 0. The van der Waals surface area contributed by atoms with Gasteiger partial charge in [-0.15, -0.1) is 11.3 Å². The maximum Gasteiger partial charge on any atom is 0.348 e. The molecular weight excluding hydrogens is 697 g/mol. The lowest BCUT2D eigenvalue weighted by atomic mass is 9.73. The topological polar surface area (TPSA) is 90.4 Å². The monoisotopic (exact) mass is 735 g/mol. The van der Waals surface area contributed by atoms with Gasteiger partial charge in [-0.05, 0) is 72.8 Å². The Morgan fingerprint density at radius 3 is 2.34 bits per heavy atom. The third-order valence-corrected chi connectivity index (χ3v) is 11.9. The molecule has 2 aromatic carbocycles. The van der Waals surface area contributed by atoms with Crippen molar-refractivity contribution in [1.29, 1.82) is 0 Å². The van der Waals surface area contributed by atoms with Crippen LogP contribution >= 0.6 is 34.5 Å². The number of esters is 2. The van der Waals surface area contributed by atoms with Gasteiger partial charge in [-0.25, -0.2) is 4.79 Å². The van der Waals surface area contributed by atoms with E-state index < -0.39 is 17.5 Å². The number of ether oxygens (including phenoxy) is 4. The molecule has 262 valence electrons. The number of piperidine rings is 3. The number of fused-ring (bicyclic) bond motifs is 3. The van der Waals surface area contributed by atoms with Gasteiger partial charge in [0, 0.05) is 49.9 Å². The summed E-state index contributed by atoms with van der Waals surface area (Å²) in [7, 11) is 3.11. The predicted octanol–water partition coefficient (Wildman–Crippen LogP) is 7.00. The fourth-order valence-corrected chi connectivity index (χ4v) is 8.84. The second-order valence-corrected chi connectivity index (χ2v) is 15.2. The quantitative estimate of drug-likeness (QED) is 0.143. The predicted molar refractivity (Wildman–Crippen MR) is 192 cm³/mol. The smallest absolute Gasteiger partial charge is 0.348 e. The van der Waals surface area contributed by atoms with E-state index in [-0.39, 0.29) is 18.5 Å². The normalized spacial score (nSPS) is 21.6. The zero-order valence-electron chi connectivity index (χ0n) is 28.0. The lowest BCUT2D eigenvalue weighted by Gasteiger charge is -2.50. The number of thiophene rings is 1. The SMILES string of the molecule is COc1ccc([C@H](Cc2c(Cl)cncc2Cl)OC(=O)c2ccc(CN3CC(C(=O)O[C@H]4CN5CCC4CC5)(c4ccccc4)C3)s2)cc1OC. The van der Waals surface area contributed by atoms with Crippen molar-refractivity contribution in [2.75, 3.05) is 46.9 Å². The van der Waals surface area contributed by atoms with Crippen LogP contribution in [0.5, 0.6) is 11.5 Å². The van der Waals surface area contributed by atoms with Gasteiger partial charge >= 0.3 is 11.9 Å². The maximum absolute atomic E-state index is 13.9. The van der Waals surface area contributed by atoms with E-state index in [1.807, 2.05) is 42.5 Å². The highest BCUT2D eigenvalue weighted by molar-refractivity contribution is 7.13. The van der Waals surface area contributed by atoms with E-state index in [4.69, 9.17) is 42.1 Å². The lowest BCUT2D eigenvalue weighted by Crippen LogP contribution is -2.64. The summed E-state index contributed by atoms with van der Waals surface area (Å²) in [6.07, 6.45) is 4.67. The number of carbonyl (C=O) groups excluding carboxylic acids is 2. The van der Waals surface area contributed by atoms with Gasteiger partial charge in [-0.2, -0.15) is 0 Å². The van der Waals surface area contributed by atoms with Crippen LogP contribution in [0.3, 0.4) is 0 Å². The van der Waals surface area contributed by atoms with Gasteiger partial charge in [0.2, 0.25) is 0 Å². The maximum atomic E-state index is 13.9. The Hall–Kier alpha value is -3.67. The minimum absolute atomic E-state index is 0.0426. The molecule has 4 saturated heterocycles. The van der Waals surface area contributed by atoms with E-state index in [0.29, 0.717) is 63.1 Å². The number of benzene rings is 2. The number of hydrogen-bond acceptors (Lipinski definition) is 10. The number of carbonyl (C=O) groups is 2. The zero-order valence-corrected chi connectivity index (χ0v) is 30.3. The Morgan fingerprint density at radius 2 is 1.68 bits per heavy atom. The summed E-state index contributed by atoms with van der Waals surface area (Å²) in [6, 6.07) is 19.1. The molecule has 4 aliphatic heterocycles. The van der Waals surface area contributed by atoms with Crippen LogP contribution in [0.15, 0.2) is 73.1 Å². The van der Waals surface area contributed by atoms with Crippen molar-refractivity contribution in [2.24, 2.45) is 5.92 Å². The van der Waals surface area contributed by atoms with Crippen molar-refractivity contribution in [3.05, 3.63) is 110 Å². The Bertz CT molecular complexity index is 1820. The van der Waals surface area contributed by atoms with E-state index in [0.717, 1.165) is 42.9 Å². The van der Waals surface area contributed by atoms with Crippen LogP contribution in [0.1, 0.15) is 50.2 Å². The van der Waals surface area contributed by atoms with Gasteiger partial charge in [0.15, 0.2) is 11.5 Å². The molecule has 2 bridgehead atoms. The molecule has 0 radical (unpaired) electrons. The van der Waals surface area contributed by atoms with Crippen LogP contribution in [-0.4, -0.2) is 79.8 Å². The molecule has 0 N–H and O–H groups in total. The summed E-state index contributed by atoms with van der Waals surface area (Å²) in [5.41, 5.74) is 1.58. The van der Waals surface area contributed by atoms with Crippen LogP contribution in [0.4, 0.5) is 0 Å². The average Bonchev–Trinajstić information content (AvgIpc) is 3.60. The Labute approximate surface area is 306 Å². The van der Waals surface area contributed by atoms with Crippen molar-refractivity contribution in [1.82, 2.24) is 14.8 Å². The molecule has 8 rings (SSSR count). The van der Waals surface area contributed by atoms with E-state index in [9.17, 15) is 9.59 Å². The minimum atomic E-state index is -0.727. The van der Waals surface area contributed by atoms with Crippen molar-refractivity contribution in [3.63, 3.8) is 0 Å². The second-order valence-electron chi connectivity index (χ2n) is 13.2. The molecule has 0 saturated carbocycles. The van der Waals surface area contributed by atoms with Crippen LogP contribution in [-0.2, 0) is 32.6 Å².